The maximum atomic E-state index is 13.6. The molecule has 12 nitrogen and oxygen atoms in total. The molecule has 16 heteroatoms. The molecule has 282 valence electrons. The van der Waals surface area contributed by atoms with Gasteiger partial charge in [-0.3, -0.25) is 9.59 Å². The van der Waals surface area contributed by atoms with Gasteiger partial charge in [0.15, 0.2) is 0 Å². The second kappa shape index (κ2) is 14.9. The topological polar surface area (TPSA) is 174 Å². The number of thiophene rings is 2. The molecule has 0 spiro atoms. The molecule has 8 aromatic rings. The molecule has 4 heterocycles. The average Bonchev–Trinajstić information content (AvgIpc) is 3.94. The lowest BCUT2D eigenvalue weighted by Crippen LogP contribution is -2.13. The van der Waals surface area contributed by atoms with Crippen molar-refractivity contribution in [1.29, 1.82) is 0 Å². The van der Waals surface area contributed by atoms with Crippen LogP contribution >= 0.6 is 54.5 Å². The highest BCUT2D eigenvalue weighted by molar-refractivity contribution is 9.11. The van der Waals surface area contributed by atoms with Crippen LogP contribution in [0.4, 0.5) is 0 Å². The highest BCUT2D eigenvalue weighted by Crippen LogP contribution is 2.45. The number of esters is 2. The van der Waals surface area contributed by atoms with E-state index in [-0.39, 0.29) is 37.4 Å². The predicted octanol–water partition coefficient (Wildman–Crippen LogP) is 8.93. The fourth-order valence-electron chi connectivity index (χ4n) is 6.92. The van der Waals surface area contributed by atoms with Crippen molar-refractivity contribution in [3.8, 4) is 22.8 Å². The molecule has 4 N–H and O–H groups in total. The second-order valence-electron chi connectivity index (χ2n) is 12.6. The van der Waals surface area contributed by atoms with Gasteiger partial charge in [0.2, 0.25) is 11.8 Å². The normalized spacial score (nSPS) is 11.6. The molecule has 0 aliphatic heterocycles. The van der Waals surface area contributed by atoms with Crippen molar-refractivity contribution in [1.82, 2.24) is 19.1 Å². The number of aromatic nitrogens is 4. The van der Waals surface area contributed by atoms with Crippen molar-refractivity contribution >= 4 is 121 Å². The lowest BCUT2D eigenvalue weighted by atomic mass is 10.1. The maximum Gasteiger partial charge on any atom is 0.349 e. The fourth-order valence-corrected chi connectivity index (χ4v) is 10.5. The Balaban J connectivity index is 1.38. The molecule has 2 amide bonds. The van der Waals surface area contributed by atoms with Gasteiger partial charge in [-0.1, -0.05) is 44.0 Å². The van der Waals surface area contributed by atoms with E-state index in [1.165, 1.54) is 22.7 Å². The number of primary amides is 2. The minimum atomic E-state index is -0.602. The molecule has 0 fully saturated rings. The lowest BCUT2D eigenvalue weighted by molar-refractivity contribution is 0.0523. The molecule has 0 saturated heterocycles. The quantitative estimate of drug-likeness (QED) is 0.121. The predicted molar refractivity (Wildman–Crippen MR) is 225 cm³/mol. The van der Waals surface area contributed by atoms with E-state index in [0.29, 0.717) is 54.6 Å². The molecule has 8 rings (SSSR count). The summed E-state index contributed by atoms with van der Waals surface area (Å²) in [4.78, 5) is 62.7. The highest BCUT2D eigenvalue weighted by Gasteiger charge is 2.29. The van der Waals surface area contributed by atoms with E-state index in [4.69, 9.17) is 30.9 Å². The summed E-state index contributed by atoms with van der Waals surface area (Å²) in [5, 5.41) is 1.57. The highest BCUT2D eigenvalue weighted by atomic mass is 79.9. The number of aryl methyl sites for hydroxylation is 2. The molecular weight excluding hydrogens is 884 g/mol. The van der Waals surface area contributed by atoms with Gasteiger partial charge in [-0.25, -0.2) is 19.6 Å². The largest absolute Gasteiger partial charge is 0.462 e. The fraction of sp³-hybridized carbons (Fsp3) is 0.150. The average molecular weight is 915 g/mol. The van der Waals surface area contributed by atoms with Gasteiger partial charge in [-0.05, 0) is 74.5 Å². The molecule has 4 aromatic carbocycles. The van der Waals surface area contributed by atoms with Crippen LogP contribution < -0.4 is 11.5 Å². The number of carbonyl (C=O) groups excluding carboxylic acids is 4. The molecule has 0 aliphatic rings. The van der Waals surface area contributed by atoms with Gasteiger partial charge in [0.1, 0.15) is 21.4 Å². The van der Waals surface area contributed by atoms with Crippen LogP contribution in [0.2, 0.25) is 0 Å². The third kappa shape index (κ3) is 6.35. The molecule has 0 atom stereocenters. The molecular formula is C40H30Br2N6O6S2. The maximum absolute atomic E-state index is 13.6. The van der Waals surface area contributed by atoms with E-state index in [9.17, 15) is 19.2 Å². The molecule has 0 unspecified atom stereocenters. The standard InChI is InChI=1S/C40H30Br2N6O6S2/c1-3-53-39(51)33-31(29-21(41)7-5-9-27(29)55-33)37-45-23-17-19(35(43)49)11-13-25(23)47(37)15-16-48-26-14-12-20(36(44)50)18-24(26)46-38(48)32-30-22(42)8-6-10-28(30)56-34(32)40(52)54-4-2/h5-14,17-18H,3-4,15-16H2,1-2H3,(H2,43,49)(H2,44,50). The number of ether oxygens (including phenoxy) is 2. The molecule has 0 aliphatic carbocycles. The number of nitrogens with two attached hydrogens (primary N) is 2. The van der Waals surface area contributed by atoms with Gasteiger partial charge < -0.3 is 30.1 Å². The van der Waals surface area contributed by atoms with Crippen molar-refractivity contribution < 1.29 is 28.7 Å². The Morgan fingerprint density at radius 3 is 1.43 bits per heavy atom. The number of nitrogens with zero attached hydrogens (tertiary/aromatic N) is 4. The minimum Gasteiger partial charge on any atom is -0.462 e. The van der Waals surface area contributed by atoms with Crippen molar-refractivity contribution in [2.45, 2.75) is 26.9 Å². The van der Waals surface area contributed by atoms with Gasteiger partial charge >= 0.3 is 11.9 Å². The van der Waals surface area contributed by atoms with Crippen molar-refractivity contribution in [3.63, 3.8) is 0 Å². The smallest absolute Gasteiger partial charge is 0.349 e. The zero-order chi connectivity index (χ0) is 39.4. The number of hydrogen-bond acceptors (Lipinski definition) is 10. The first-order chi connectivity index (χ1) is 27.0. The van der Waals surface area contributed by atoms with Gasteiger partial charge in [-0.15, -0.1) is 22.7 Å². The second-order valence-corrected chi connectivity index (χ2v) is 16.4. The minimum absolute atomic E-state index is 0.182. The molecule has 0 radical (unpaired) electrons. The van der Waals surface area contributed by atoms with Crippen LogP contribution in [0.3, 0.4) is 0 Å². The molecule has 56 heavy (non-hydrogen) atoms. The third-order valence-electron chi connectivity index (χ3n) is 9.31. The summed E-state index contributed by atoms with van der Waals surface area (Å²) >= 11 is 10.0. The number of carbonyl (C=O) groups is 4. The van der Waals surface area contributed by atoms with Gasteiger partial charge in [0.25, 0.3) is 0 Å². The first-order valence-corrected chi connectivity index (χ1v) is 20.6. The van der Waals surface area contributed by atoms with Crippen LogP contribution in [0.15, 0.2) is 81.7 Å². The van der Waals surface area contributed by atoms with Crippen LogP contribution in [0.1, 0.15) is 53.9 Å². The van der Waals surface area contributed by atoms with E-state index in [1.54, 1.807) is 50.2 Å². The number of fused-ring (bicyclic) bond motifs is 4. The van der Waals surface area contributed by atoms with E-state index >= 15 is 0 Å². The summed E-state index contributed by atoms with van der Waals surface area (Å²) in [6.07, 6.45) is 0. The van der Waals surface area contributed by atoms with Crippen LogP contribution in [0, 0.1) is 0 Å². The number of hydrogen-bond donors (Lipinski definition) is 2. The summed E-state index contributed by atoms with van der Waals surface area (Å²) in [6.45, 7) is 4.43. The first kappa shape index (κ1) is 37.5. The van der Waals surface area contributed by atoms with Gasteiger partial charge in [0.05, 0.1) is 46.4 Å². The zero-order valence-electron chi connectivity index (χ0n) is 29.7. The Morgan fingerprint density at radius 1 is 0.643 bits per heavy atom. The van der Waals surface area contributed by atoms with Crippen LogP contribution in [-0.4, -0.2) is 56.1 Å². The van der Waals surface area contributed by atoms with Crippen LogP contribution in [0.25, 0.3) is 65.0 Å². The lowest BCUT2D eigenvalue weighted by Gasteiger charge is -2.15. The SMILES string of the molecule is CCOC(=O)c1sc2cccc(Br)c2c1-c1nc2cc(C(N)=O)ccc2n1CCn1c(-c2c(C(=O)OCC)sc3cccc(Br)c23)nc2cc(C(N)=O)ccc21. The van der Waals surface area contributed by atoms with E-state index in [1.807, 2.05) is 45.5 Å². The zero-order valence-corrected chi connectivity index (χ0v) is 34.5. The summed E-state index contributed by atoms with van der Waals surface area (Å²) in [6, 6.07) is 21.6. The molecule has 0 bridgehead atoms. The molecule has 0 saturated carbocycles. The Hall–Kier alpha value is -5.42. The third-order valence-corrected chi connectivity index (χ3v) is 12.9. The van der Waals surface area contributed by atoms with E-state index in [0.717, 1.165) is 29.1 Å². The number of imidazole rings is 2. The van der Waals surface area contributed by atoms with Gasteiger partial charge in [0, 0.05) is 53.3 Å². The summed E-state index contributed by atoms with van der Waals surface area (Å²) in [5.74, 6) is -1.23. The van der Waals surface area contributed by atoms with Crippen LogP contribution in [0.5, 0.6) is 0 Å². The van der Waals surface area contributed by atoms with E-state index in [2.05, 4.69) is 31.9 Å². The Morgan fingerprint density at radius 2 is 1.05 bits per heavy atom. The first-order valence-electron chi connectivity index (χ1n) is 17.4. The Kier molecular flexibility index (Phi) is 9.99. The van der Waals surface area contributed by atoms with Crippen molar-refractivity contribution in [3.05, 3.63) is 103 Å². The summed E-state index contributed by atoms with van der Waals surface area (Å²) in [7, 11) is 0. The monoisotopic (exact) mass is 912 g/mol. The van der Waals surface area contributed by atoms with Gasteiger partial charge in [-0.2, -0.15) is 0 Å². The van der Waals surface area contributed by atoms with E-state index < -0.39 is 23.8 Å². The Bertz CT molecular complexity index is 2750. The number of halogens is 2. The summed E-state index contributed by atoms with van der Waals surface area (Å²) in [5.41, 5.74) is 15.5. The van der Waals surface area contributed by atoms with Crippen molar-refractivity contribution in [2.24, 2.45) is 11.5 Å². The van der Waals surface area contributed by atoms with Crippen LogP contribution in [-0.2, 0) is 22.6 Å². The number of benzene rings is 4. The number of rotatable bonds is 11. The Labute approximate surface area is 343 Å². The van der Waals surface area contributed by atoms with Crippen molar-refractivity contribution in [2.75, 3.05) is 13.2 Å². The number of amides is 2. The molecule has 4 aromatic heterocycles. The summed E-state index contributed by atoms with van der Waals surface area (Å²) < 4.78 is 18.3.